The number of carboxylic acid groups (broad SMARTS) is 1. The number of nitrogens with zero attached hydrogens (tertiary/aromatic N) is 1. The predicted octanol–water partition coefficient (Wildman–Crippen LogP) is -2.16. The minimum atomic E-state index is -1.41. The van der Waals surface area contributed by atoms with Gasteiger partial charge in [-0.05, 0) is 4.74 Å². The summed E-state index contributed by atoms with van der Waals surface area (Å²) in [6.45, 7) is 0. The van der Waals surface area contributed by atoms with Crippen molar-refractivity contribution in [2.45, 2.75) is 0 Å². The van der Waals surface area contributed by atoms with Gasteiger partial charge in [-0.15, -0.1) is 0 Å². The second kappa shape index (κ2) is 2.17. The second-order valence-corrected chi connectivity index (χ2v) is 1.02. The van der Waals surface area contributed by atoms with Crippen molar-refractivity contribution in [3.8, 4) is 0 Å². The minimum absolute atomic E-state index is 0.412. The molecule has 0 aromatic carbocycles. The first kappa shape index (κ1) is 5.94. The van der Waals surface area contributed by atoms with E-state index in [-0.39, 0.29) is 0 Å². The Bertz CT molecular complexity index is 103. The average molecular weight is 103 g/mol. The zero-order chi connectivity index (χ0) is 5.86. The summed E-state index contributed by atoms with van der Waals surface area (Å²) in [5.74, 6) is -1.41. The fourth-order valence-electron chi connectivity index (χ4n) is 0.153. The predicted molar refractivity (Wildman–Crippen MR) is 19.0 cm³/mol. The van der Waals surface area contributed by atoms with Crippen molar-refractivity contribution >= 4 is 12.2 Å². The maximum Gasteiger partial charge on any atom is 0.237 e. The molecule has 1 N–H and O–H groups in total. The normalized spacial score (nSPS) is 11.3. The molecule has 4 heteroatoms. The highest BCUT2D eigenvalue weighted by molar-refractivity contribution is 6.18. The van der Waals surface area contributed by atoms with Crippen LogP contribution in [0.2, 0.25) is 0 Å². The molecule has 0 bridgehead atoms. The third kappa shape index (κ3) is 4.94. The number of carbonyl (C=O) groups excluding carboxylic acids is 1. The summed E-state index contributed by atoms with van der Waals surface area (Å²) in [5, 5.41) is 17.5. The molecule has 0 rings (SSSR count). The van der Waals surface area contributed by atoms with Crippen molar-refractivity contribution < 1.29 is 19.8 Å². The summed E-state index contributed by atoms with van der Waals surface area (Å²) in [6.07, 6.45) is 0.528. The standard InChI is InChI=1S/C3H5NO3/c1-4(7)2-3(5)6/h2H,1H3,(H-,5,6,7). The summed E-state index contributed by atoms with van der Waals surface area (Å²) in [7, 11) is 1.18. The van der Waals surface area contributed by atoms with Crippen LogP contribution in [0.5, 0.6) is 0 Å². The van der Waals surface area contributed by atoms with Crippen molar-refractivity contribution in [2.75, 3.05) is 7.05 Å². The van der Waals surface area contributed by atoms with Gasteiger partial charge in [0.1, 0.15) is 5.97 Å². The molecule has 0 atom stereocenters. The van der Waals surface area contributed by atoms with Crippen molar-refractivity contribution in [2.24, 2.45) is 0 Å². The first-order valence-corrected chi connectivity index (χ1v) is 1.60. The van der Waals surface area contributed by atoms with Gasteiger partial charge in [-0.2, -0.15) is 0 Å². The Morgan fingerprint density at radius 1 is 2.00 bits per heavy atom. The fraction of sp³-hybridized carbons (Fsp3) is 0.333. The molecule has 0 saturated heterocycles. The van der Waals surface area contributed by atoms with Crippen LogP contribution < -0.4 is 5.11 Å². The van der Waals surface area contributed by atoms with E-state index in [1.165, 1.54) is 7.05 Å². The first-order valence-electron chi connectivity index (χ1n) is 1.60. The molecule has 4 nitrogen and oxygen atoms in total. The van der Waals surface area contributed by atoms with E-state index in [2.05, 4.69) is 0 Å². The Labute approximate surface area is 40.3 Å². The highest BCUT2D eigenvalue weighted by Crippen LogP contribution is 1.46. The molecule has 0 fully saturated rings. The van der Waals surface area contributed by atoms with E-state index in [1.807, 2.05) is 0 Å². The lowest BCUT2D eigenvalue weighted by Crippen LogP contribution is -2.27. The maximum absolute atomic E-state index is 9.44. The fourth-order valence-corrected chi connectivity index (χ4v) is 0.153. The van der Waals surface area contributed by atoms with Crippen molar-refractivity contribution in [1.29, 1.82) is 0 Å². The van der Waals surface area contributed by atoms with Gasteiger partial charge >= 0.3 is 0 Å². The van der Waals surface area contributed by atoms with Crippen molar-refractivity contribution in [3.05, 3.63) is 0 Å². The molecule has 0 aliphatic carbocycles. The molecule has 0 radical (unpaired) electrons. The van der Waals surface area contributed by atoms with Crippen LogP contribution in [0.3, 0.4) is 0 Å². The summed E-state index contributed by atoms with van der Waals surface area (Å²) in [6, 6.07) is 0. The van der Waals surface area contributed by atoms with Crippen LogP contribution in [0.15, 0.2) is 0 Å². The van der Waals surface area contributed by atoms with Crippen LogP contribution in [0.4, 0.5) is 0 Å². The lowest BCUT2D eigenvalue weighted by atomic mass is 10.8. The Morgan fingerprint density at radius 3 is 2.43 bits per heavy atom. The Balaban J connectivity index is 3.68. The Kier molecular flexibility index (Phi) is 1.84. The molecule has 0 saturated carbocycles. The number of hydrogen-bond acceptors (Lipinski definition) is 3. The van der Waals surface area contributed by atoms with Crippen molar-refractivity contribution in [1.82, 2.24) is 0 Å². The maximum atomic E-state index is 9.44. The number of aliphatic carboxylic acids is 1. The topological polar surface area (TPSA) is 63.4 Å². The molecule has 0 aliphatic rings. The molecule has 40 valence electrons. The van der Waals surface area contributed by atoms with E-state index < -0.39 is 5.97 Å². The Hall–Kier alpha value is -1.06. The van der Waals surface area contributed by atoms with Gasteiger partial charge in [-0.1, -0.05) is 0 Å². The molecular formula is C3H5NO3. The lowest BCUT2D eigenvalue weighted by Gasteiger charge is -1.82. The monoisotopic (exact) mass is 103 g/mol. The highest BCUT2D eigenvalue weighted by atomic mass is 16.5. The number of carbonyl (C=O) groups is 1. The summed E-state index contributed by atoms with van der Waals surface area (Å²) in [4.78, 5) is 9.44. The van der Waals surface area contributed by atoms with Gasteiger partial charge in [0, 0.05) is 0 Å². The van der Waals surface area contributed by atoms with E-state index >= 15 is 0 Å². The molecule has 0 unspecified atom stereocenters. The van der Waals surface area contributed by atoms with Gasteiger partial charge in [0.05, 0.1) is 0 Å². The molecular weight excluding hydrogens is 98.0 g/mol. The molecule has 0 aliphatic heterocycles. The first-order chi connectivity index (χ1) is 3.13. The molecule has 0 aromatic heterocycles. The summed E-state index contributed by atoms with van der Waals surface area (Å²) < 4.78 is 0.412. The van der Waals surface area contributed by atoms with Crippen LogP contribution in [0, 0.1) is 0 Å². The Morgan fingerprint density at radius 2 is 2.43 bits per heavy atom. The number of hydroxylamine groups is 1. The van der Waals surface area contributed by atoms with Gasteiger partial charge in [0.2, 0.25) is 6.21 Å². The van der Waals surface area contributed by atoms with Crippen LogP contribution in [-0.2, 0) is 4.79 Å². The van der Waals surface area contributed by atoms with E-state index in [1.54, 1.807) is 0 Å². The van der Waals surface area contributed by atoms with E-state index in [4.69, 9.17) is 5.21 Å². The molecule has 7 heavy (non-hydrogen) atoms. The smallest absolute Gasteiger partial charge is 0.237 e. The third-order valence-corrected chi connectivity index (χ3v) is 0.292. The van der Waals surface area contributed by atoms with Gasteiger partial charge in [0.25, 0.3) is 0 Å². The average Bonchev–Trinajstić information content (AvgIpc) is 1.27. The molecule has 0 amide bonds. The van der Waals surface area contributed by atoms with E-state index in [0.717, 1.165) is 0 Å². The van der Waals surface area contributed by atoms with Crippen LogP contribution >= 0.6 is 0 Å². The zero-order valence-electron chi connectivity index (χ0n) is 3.79. The highest BCUT2D eigenvalue weighted by Gasteiger charge is 1.83. The quantitative estimate of drug-likeness (QED) is 0.178. The van der Waals surface area contributed by atoms with Crippen molar-refractivity contribution in [3.63, 3.8) is 0 Å². The van der Waals surface area contributed by atoms with Gasteiger partial charge < -0.3 is 9.90 Å². The number of hydrogen-bond donors (Lipinski definition) is 1. The van der Waals surface area contributed by atoms with Gasteiger partial charge in [0.15, 0.2) is 7.05 Å². The largest absolute Gasteiger partial charge is 0.540 e. The lowest BCUT2D eigenvalue weighted by molar-refractivity contribution is -0.751. The second-order valence-electron chi connectivity index (χ2n) is 1.02. The van der Waals surface area contributed by atoms with Gasteiger partial charge in [-0.3, -0.25) is 5.21 Å². The molecule has 0 spiro atoms. The summed E-state index contributed by atoms with van der Waals surface area (Å²) >= 11 is 0. The van der Waals surface area contributed by atoms with Gasteiger partial charge in [-0.25, -0.2) is 0 Å². The minimum Gasteiger partial charge on any atom is -0.540 e. The SMILES string of the molecule is C[N+](O)=CC(=O)[O-]. The molecule has 0 aromatic rings. The number of rotatable bonds is 1. The van der Waals surface area contributed by atoms with Crippen LogP contribution in [0.1, 0.15) is 0 Å². The summed E-state index contributed by atoms with van der Waals surface area (Å²) in [5.41, 5.74) is 0. The third-order valence-electron chi connectivity index (χ3n) is 0.292. The molecule has 0 heterocycles. The number of carboxylic acids is 1. The van der Waals surface area contributed by atoms with E-state index in [9.17, 15) is 9.90 Å². The van der Waals surface area contributed by atoms with Crippen LogP contribution in [0.25, 0.3) is 0 Å². The van der Waals surface area contributed by atoms with E-state index in [0.29, 0.717) is 11.0 Å². The zero-order valence-corrected chi connectivity index (χ0v) is 3.79. The van der Waals surface area contributed by atoms with Crippen LogP contribution in [-0.4, -0.2) is 29.2 Å².